The van der Waals surface area contributed by atoms with E-state index in [2.05, 4.69) is 125 Å². The number of aromatic nitrogens is 1. The van der Waals surface area contributed by atoms with E-state index in [1.54, 1.807) is 0 Å². The molecule has 29 heavy (non-hydrogen) atoms. The molecule has 0 N–H and O–H groups in total. The van der Waals surface area contributed by atoms with Gasteiger partial charge in [0.25, 0.3) is 0 Å². The number of hydrogen-bond donors (Lipinski definition) is 0. The topological polar surface area (TPSA) is 4.93 Å². The van der Waals surface area contributed by atoms with Gasteiger partial charge in [-0.3, -0.25) is 0 Å². The van der Waals surface area contributed by atoms with Crippen molar-refractivity contribution in [2.24, 2.45) is 10.8 Å². The summed E-state index contributed by atoms with van der Waals surface area (Å²) in [6.45, 7) is 13.9. The maximum absolute atomic E-state index is 3.55. The van der Waals surface area contributed by atoms with Crippen molar-refractivity contribution in [1.29, 1.82) is 0 Å². The fourth-order valence-electron chi connectivity index (χ4n) is 4.15. The molecule has 0 amide bonds. The summed E-state index contributed by atoms with van der Waals surface area (Å²) in [4.78, 5) is 0. The van der Waals surface area contributed by atoms with Gasteiger partial charge in [0.2, 0.25) is 0 Å². The zero-order chi connectivity index (χ0) is 21.1. The van der Waals surface area contributed by atoms with Gasteiger partial charge >= 0.3 is 0 Å². The lowest BCUT2D eigenvalue weighted by molar-refractivity contribution is 0.252. The van der Waals surface area contributed by atoms with Crippen LogP contribution in [0.25, 0.3) is 10.9 Å². The van der Waals surface area contributed by atoms with Gasteiger partial charge in [0.1, 0.15) is 0 Å². The van der Waals surface area contributed by atoms with Gasteiger partial charge in [-0.25, -0.2) is 0 Å². The van der Waals surface area contributed by atoms with Crippen molar-refractivity contribution in [2.45, 2.75) is 66.3 Å². The van der Waals surface area contributed by atoms with Crippen molar-refractivity contribution < 1.29 is 0 Å². The minimum absolute atomic E-state index is 0.138. The van der Waals surface area contributed by atoms with Gasteiger partial charge in [0.05, 0.1) is 0 Å². The molecule has 0 saturated heterocycles. The highest BCUT2D eigenvalue weighted by Gasteiger charge is 2.27. The molecule has 3 rings (SSSR count). The van der Waals surface area contributed by atoms with Crippen LogP contribution in [0.4, 0.5) is 0 Å². The first-order valence-corrected chi connectivity index (χ1v) is 10.7. The van der Waals surface area contributed by atoms with E-state index in [0.29, 0.717) is 12.0 Å². The Morgan fingerprint density at radius 1 is 0.724 bits per heavy atom. The molecule has 1 heterocycles. The molecule has 0 aliphatic heterocycles. The molecule has 2 atom stereocenters. The Morgan fingerprint density at radius 2 is 1.34 bits per heavy atom. The lowest BCUT2D eigenvalue weighted by Crippen LogP contribution is -2.23. The zero-order valence-electron chi connectivity index (χ0n) is 18.9. The minimum Gasteiger partial charge on any atom is -0.343 e. The van der Waals surface area contributed by atoms with Gasteiger partial charge in [0, 0.05) is 30.6 Å². The van der Waals surface area contributed by atoms with E-state index >= 15 is 0 Å². The number of rotatable bonds is 4. The maximum atomic E-state index is 3.55. The first-order valence-electron chi connectivity index (χ1n) is 10.7. The molecular formula is C28H35N. The lowest BCUT2D eigenvalue weighted by atomic mass is 9.75. The largest absolute Gasteiger partial charge is 0.343 e. The first-order chi connectivity index (χ1) is 13.7. The van der Waals surface area contributed by atoms with Crippen LogP contribution in [-0.2, 0) is 0 Å². The number of hydrogen-bond acceptors (Lipinski definition) is 0. The molecule has 0 radical (unpaired) electrons. The second kappa shape index (κ2) is 8.50. The molecule has 0 aliphatic carbocycles. The average molecular weight is 386 g/mol. The van der Waals surface area contributed by atoms with E-state index in [9.17, 15) is 0 Å². The molecule has 0 bridgehead atoms. The van der Waals surface area contributed by atoms with Crippen LogP contribution < -0.4 is 0 Å². The highest BCUT2D eigenvalue weighted by molar-refractivity contribution is 5.80. The third-order valence-corrected chi connectivity index (χ3v) is 5.94. The quantitative estimate of drug-likeness (QED) is 0.403. The van der Waals surface area contributed by atoms with E-state index in [0.717, 1.165) is 12.8 Å². The molecule has 0 aliphatic rings. The Hall–Kier alpha value is -2.46. The van der Waals surface area contributed by atoms with Crippen LogP contribution in [0, 0.1) is 22.7 Å². The molecule has 1 heteroatoms. The lowest BCUT2D eigenvalue weighted by Gasteiger charge is -2.32. The predicted octanol–water partition coefficient (Wildman–Crippen LogP) is 7.84. The van der Waals surface area contributed by atoms with E-state index in [4.69, 9.17) is 0 Å². The van der Waals surface area contributed by atoms with Crippen molar-refractivity contribution in [2.75, 3.05) is 0 Å². The highest BCUT2D eigenvalue weighted by atomic mass is 15.0. The summed E-state index contributed by atoms with van der Waals surface area (Å²) in [6.07, 6.45) is 3.99. The summed E-state index contributed by atoms with van der Waals surface area (Å²) < 4.78 is 2.42. The Morgan fingerprint density at radius 3 is 2.00 bits per heavy atom. The SMILES string of the molecule is CC(C)(C)C(CC#CCC(n1ccc2ccccc21)C(C)(C)C)c1ccccc1. The van der Waals surface area contributed by atoms with E-state index in [1.165, 1.54) is 16.5 Å². The van der Waals surface area contributed by atoms with Crippen molar-refractivity contribution in [3.63, 3.8) is 0 Å². The molecule has 2 aromatic carbocycles. The molecular weight excluding hydrogens is 350 g/mol. The van der Waals surface area contributed by atoms with Gasteiger partial charge < -0.3 is 4.57 Å². The van der Waals surface area contributed by atoms with Crippen LogP contribution in [0.5, 0.6) is 0 Å². The van der Waals surface area contributed by atoms with Gasteiger partial charge in [-0.1, -0.05) is 90.1 Å². The third-order valence-electron chi connectivity index (χ3n) is 5.94. The number of fused-ring (bicyclic) bond motifs is 1. The fourth-order valence-corrected chi connectivity index (χ4v) is 4.15. The molecule has 1 aromatic heterocycles. The zero-order valence-corrected chi connectivity index (χ0v) is 18.9. The van der Waals surface area contributed by atoms with Crippen molar-refractivity contribution in [3.8, 4) is 11.8 Å². The summed E-state index contributed by atoms with van der Waals surface area (Å²) in [6, 6.07) is 22.0. The van der Waals surface area contributed by atoms with E-state index in [-0.39, 0.29) is 10.8 Å². The smallest absolute Gasteiger partial charge is 0.0494 e. The van der Waals surface area contributed by atoms with Crippen LogP contribution in [-0.4, -0.2) is 4.57 Å². The van der Waals surface area contributed by atoms with Gasteiger partial charge in [-0.15, -0.1) is 11.8 Å². The average Bonchev–Trinajstić information content (AvgIpc) is 3.07. The summed E-state index contributed by atoms with van der Waals surface area (Å²) >= 11 is 0. The molecule has 0 fully saturated rings. The van der Waals surface area contributed by atoms with Crippen molar-refractivity contribution in [3.05, 3.63) is 72.4 Å². The number of para-hydroxylation sites is 1. The number of nitrogens with zero attached hydrogens (tertiary/aromatic N) is 1. The summed E-state index contributed by atoms with van der Waals surface area (Å²) in [5.41, 5.74) is 3.01. The van der Waals surface area contributed by atoms with Gasteiger partial charge in [-0.05, 0) is 39.8 Å². The Balaban J connectivity index is 1.81. The highest BCUT2D eigenvalue weighted by Crippen LogP contribution is 2.38. The third kappa shape index (κ3) is 5.13. The molecule has 152 valence electrons. The fraction of sp³-hybridized carbons (Fsp3) is 0.429. The van der Waals surface area contributed by atoms with Crippen LogP contribution in [0.2, 0.25) is 0 Å². The Labute approximate surface area is 177 Å². The molecule has 1 nitrogen and oxygen atoms in total. The molecule has 3 aromatic rings. The second-order valence-electron chi connectivity index (χ2n) is 10.3. The minimum atomic E-state index is 0.138. The number of benzene rings is 2. The first kappa shape index (κ1) is 21.3. The van der Waals surface area contributed by atoms with Crippen molar-refractivity contribution >= 4 is 10.9 Å². The van der Waals surface area contributed by atoms with Crippen LogP contribution >= 0.6 is 0 Å². The molecule has 0 saturated carbocycles. The standard InChI is InChI=1S/C28H35N/c1-27(2,3)24(22-14-8-7-9-15-22)17-11-13-19-26(28(4,5)6)29-21-20-23-16-10-12-18-25(23)29/h7-10,12,14-16,18,20-21,24,26H,17,19H2,1-6H3. The van der Waals surface area contributed by atoms with Crippen LogP contribution in [0.3, 0.4) is 0 Å². The predicted molar refractivity (Wildman–Crippen MR) is 126 cm³/mol. The summed E-state index contributed by atoms with van der Waals surface area (Å²) in [7, 11) is 0. The van der Waals surface area contributed by atoms with E-state index < -0.39 is 0 Å². The van der Waals surface area contributed by atoms with Crippen LogP contribution in [0.1, 0.15) is 71.9 Å². The summed E-state index contributed by atoms with van der Waals surface area (Å²) in [5.74, 6) is 7.53. The monoisotopic (exact) mass is 385 g/mol. The van der Waals surface area contributed by atoms with Gasteiger partial charge in [-0.2, -0.15) is 0 Å². The Kier molecular flexibility index (Phi) is 6.23. The molecule has 0 spiro atoms. The normalized spacial score (nSPS) is 14.3. The summed E-state index contributed by atoms with van der Waals surface area (Å²) in [5, 5.41) is 1.30. The van der Waals surface area contributed by atoms with Crippen molar-refractivity contribution in [1.82, 2.24) is 4.57 Å². The second-order valence-corrected chi connectivity index (χ2v) is 10.3. The van der Waals surface area contributed by atoms with E-state index in [1.807, 2.05) is 0 Å². The Bertz CT molecular complexity index is 984. The maximum Gasteiger partial charge on any atom is 0.0494 e. The van der Waals surface area contributed by atoms with Gasteiger partial charge in [0.15, 0.2) is 0 Å². The van der Waals surface area contributed by atoms with Crippen LogP contribution in [0.15, 0.2) is 66.9 Å². The molecule has 2 unspecified atom stereocenters.